The Morgan fingerprint density at radius 2 is 2.00 bits per heavy atom. The molecule has 1 N–H and O–H groups in total. The third-order valence-electron chi connectivity index (χ3n) is 4.30. The van der Waals surface area contributed by atoms with Gasteiger partial charge < -0.3 is 10.1 Å². The summed E-state index contributed by atoms with van der Waals surface area (Å²) >= 11 is 2.73. The van der Waals surface area contributed by atoms with E-state index in [1.165, 1.54) is 23.1 Å². The van der Waals surface area contributed by atoms with Crippen LogP contribution in [-0.2, 0) is 11.3 Å². The number of fused-ring (bicyclic) bond motifs is 1. The van der Waals surface area contributed by atoms with Crippen molar-refractivity contribution < 1.29 is 9.53 Å². The summed E-state index contributed by atoms with van der Waals surface area (Å²) in [7, 11) is 1.60. The number of ether oxygens (including phenoxy) is 1. The smallest absolute Gasteiger partial charge is 0.272 e. The molecule has 6 nitrogen and oxygen atoms in total. The lowest BCUT2D eigenvalue weighted by Gasteiger charge is -2.21. The Kier molecular flexibility index (Phi) is 6.41. The van der Waals surface area contributed by atoms with Gasteiger partial charge in [-0.2, -0.15) is 0 Å². The maximum Gasteiger partial charge on any atom is 0.272 e. The summed E-state index contributed by atoms with van der Waals surface area (Å²) in [6.45, 7) is 6.40. The second-order valence-electron chi connectivity index (χ2n) is 6.58. The number of nitrogens with zero attached hydrogens (tertiary/aromatic N) is 2. The van der Waals surface area contributed by atoms with E-state index in [0.29, 0.717) is 27.6 Å². The number of benzene rings is 1. The molecule has 0 spiro atoms. The van der Waals surface area contributed by atoms with Gasteiger partial charge in [0.05, 0.1) is 17.9 Å². The molecule has 1 amide bonds. The number of methoxy groups -OCH3 is 1. The van der Waals surface area contributed by atoms with Crippen LogP contribution in [0.3, 0.4) is 0 Å². The molecule has 0 aliphatic heterocycles. The van der Waals surface area contributed by atoms with E-state index < -0.39 is 0 Å². The molecule has 148 valence electrons. The lowest BCUT2D eigenvalue weighted by atomic mass is 10.1. The van der Waals surface area contributed by atoms with Gasteiger partial charge in [-0.3, -0.25) is 14.2 Å². The average Bonchev–Trinajstić information content (AvgIpc) is 3.15. The van der Waals surface area contributed by atoms with Gasteiger partial charge in [-0.1, -0.05) is 25.6 Å². The molecule has 0 saturated carbocycles. The number of nitrogens with one attached hydrogen (secondary N) is 1. The number of thiophene rings is 1. The summed E-state index contributed by atoms with van der Waals surface area (Å²) in [4.78, 5) is 30.3. The molecular formula is C20H23N3O3S2. The predicted octanol–water partition coefficient (Wildman–Crippen LogP) is 4.24. The molecule has 8 heteroatoms. The van der Waals surface area contributed by atoms with Crippen LogP contribution < -0.4 is 15.6 Å². The molecular weight excluding hydrogens is 394 g/mol. The highest BCUT2D eigenvalue weighted by molar-refractivity contribution is 8.00. The number of hydrogen-bond donors (Lipinski definition) is 1. The molecule has 0 fully saturated rings. The third-order valence-corrected chi connectivity index (χ3v) is 6.73. The zero-order valence-electron chi connectivity index (χ0n) is 16.3. The minimum Gasteiger partial charge on any atom is -0.497 e. The first-order valence-corrected chi connectivity index (χ1v) is 10.8. The van der Waals surface area contributed by atoms with Crippen molar-refractivity contribution in [3.8, 4) is 5.75 Å². The Balaban J connectivity index is 1.87. The number of aromatic nitrogens is 2. The quantitative estimate of drug-likeness (QED) is 0.460. The third kappa shape index (κ3) is 4.23. The van der Waals surface area contributed by atoms with Gasteiger partial charge in [0.25, 0.3) is 5.56 Å². The van der Waals surface area contributed by atoms with E-state index in [-0.39, 0.29) is 22.6 Å². The molecule has 1 atom stereocenters. The van der Waals surface area contributed by atoms with Crippen LogP contribution in [0.25, 0.3) is 10.2 Å². The minimum absolute atomic E-state index is 0.0527. The van der Waals surface area contributed by atoms with Gasteiger partial charge in [0.1, 0.15) is 10.4 Å². The van der Waals surface area contributed by atoms with E-state index in [1.54, 1.807) is 35.9 Å². The fraction of sp³-hybridized carbons (Fsp3) is 0.350. The molecule has 2 heterocycles. The number of amides is 1. The second kappa shape index (κ2) is 8.79. The standard InChI is InChI=1S/C20H23N3O3S2/c1-5-23-19(25)17-15(10-11-27-17)22-20(23)28-16(12(2)3)18(24)21-13-6-8-14(26-4)9-7-13/h6-12,16H,5H2,1-4H3,(H,21,24). The van der Waals surface area contributed by atoms with Crippen LogP contribution in [0.1, 0.15) is 20.8 Å². The second-order valence-corrected chi connectivity index (χ2v) is 8.60. The van der Waals surface area contributed by atoms with Crippen molar-refractivity contribution >= 4 is 44.9 Å². The van der Waals surface area contributed by atoms with Crippen molar-refractivity contribution in [2.24, 2.45) is 5.92 Å². The lowest BCUT2D eigenvalue weighted by Crippen LogP contribution is -2.31. The fourth-order valence-electron chi connectivity index (χ4n) is 2.79. The first-order chi connectivity index (χ1) is 13.4. The van der Waals surface area contributed by atoms with Crippen LogP contribution >= 0.6 is 23.1 Å². The maximum absolute atomic E-state index is 12.9. The molecule has 0 aliphatic carbocycles. The number of rotatable bonds is 7. The molecule has 3 aromatic rings. The molecule has 0 bridgehead atoms. The van der Waals surface area contributed by atoms with Crippen LogP contribution in [0.15, 0.2) is 45.7 Å². The van der Waals surface area contributed by atoms with Crippen molar-refractivity contribution in [1.29, 1.82) is 0 Å². The highest BCUT2D eigenvalue weighted by atomic mass is 32.2. The SMILES string of the molecule is CCn1c(SC(C(=O)Nc2ccc(OC)cc2)C(C)C)nc2ccsc2c1=O. The van der Waals surface area contributed by atoms with Gasteiger partial charge >= 0.3 is 0 Å². The molecule has 1 aromatic carbocycles. The van der Waals surface area contributed by atoms with Crippen LogP contribution in [0, 0.1) is 5.92 Å². The number of hydrogen-bond acceptors (Lipinski definition) is 6. The number of carbonyl (C=O) groups is 1. The average molecular weight is 418 g/mol. The molecule has 0 radical (unpaired) electrons. The normalized spacial score (nSPS) is 12.3. The largest absolute Gasteiger partial charge is 0.497 e. The summed E-state index contributed by atoms with van der Waals surface area (Å²) in [5.74, 6) is 0.670. The maximum atomic E-state index is 12.9. The van der Waals surface area contributed by atoms with Crippen LogP contribution in [0.5, 0.6) is 5.75 Å². The van der Waals surface area contributed by atoms with Crippen molar-refractivity contribution in [3.63, 3.8) is 0 Å². The molecule has 2 aromatic heterocycles. The van der Waals surface area contributed by atoms with Gasteiger partial charge in [-0.15, -0.1) is 11.3 Å². The van der Waals surface area contributed by atoms with Crippen molar-refractivity contribution in [3.05, 3.63) is 46.1 Å². The lowest BCUT2D eigenvalue weighted by molar-refractivity contribution is -0.116. The Morgan fingerprint density at radius 3 is 2.61 bits per heavy atom. The molecule has 1 unspecified atom stereocenters. The molecule has 0 saturated heterocycles. The van der Waals surface area contributed by atoms with Crippen LogP contribution in [0.4, 0.5) is 5.69 Å². The molecule has 3 rings (SSSR count). The number of thioether (sulfide) groups is 1. The van der Waals surface area contributed by atoms with Crippen molar-refractivity contribution in [2.45, 2.75) is 37.7 Å². The number of anilines is 1. The van der Waals surface area contributed by atoms with E-state index in [1.807, 2.05) is 32.2 Å². The Bertz CT molecular complexity index is 1030. The topological polar surface area (TPSA) is 73.2 Å². The molecule has 28 heavy (non-hydrogen) atoms. The summed E-state index contributed by atoms with van der Waals surface area (Å²) in [6, 6.07) is 9.04. The molecule has 0 aliphatic rings. The zero-order valence-corrected chi connectivity index (χ0v) is 17.9. The highest BCUT2D eigenvalue weighted by Gasteiger charge is 2.26. The van der Waals surface area contributed by atoms with Crippen molar-refractivity contribution in [1.82, 2.24) is 9.55 Å². The fourth-order valence-corrected chi connectivity index (χ4v) is 4.72. The van der Waals surface area contributed by atoms with E-state index in [4.69, 9.17) is 4.74 Å². The first-order valence-electron chi connectivity index (χ1n) is 9.04. The highest BCUT2D eigenvalue weighted by Crippen LogP contribution is 2.29. The Morgan fingerprint density at radius 1 is 1.29 bits per heavy atom. The Labute approximate surface area is 171 Å². The van der Waals surface area contributed by atoms with Gasteiger partial charge in [0.15, 0.2) is 5.16 Å². The predicted molar refractivity (Wildman–Crippen MR) is 116 cm³/mol. The number of carbonyl (C=O) groups excluding carboxylic acids is 1. The van der Waals surface area contributed by atoms with Gasteiger partial charge in [0.2, 0.25) is 5.91 Å². The zero-order chi connectivity index (χ0) is 20.3. The first kappa shape index (κ1) is 20.4. The minimum atomic E-state index is -0.386. The van der Waals surface area contributed by atoms with Gasteiger partial charge in [-0.05, 0) is 48.6 Å². The summed E-state index contributed by atoms with van der Waals surface area (Å²) in [5.41, 5.74) is 1.33. The van der Waals surface area contributed by atoms with Crippen molar-refractivity contribution in [2.75, 3.05) is 12.4 Å². The monoisotopic (exact) mass is 417 g/mol. The van der Waals surface area contributed by atoms with Gasteiger partial charge in [0, 0.05) is 12.2 Å². The Hall–Kier alpha value is -2.32. The van der Waals surface area contributed by atoms with E-state index in [0.717, 1.165) is 5.75 Å². The van der Waals surface area contributed by atoms with E-state index >= 15 is 0 Å². The summed E-state index contributed by atoms with van der Waals surface area (Å²) in [5, 5.41) is 5.00. The van der Waals surface area contributed by atoms with Gasteiger partial charge in [-0.25, -0.2) is 4.98 Å². The summed E-state index contributed by atoms with van der Waals surface area (Å²) in [6.07, 6.45) is 0. The summed E-state index contributed by atoms with van der Waals surface area (Å²) < 4.78 is 7.43. The van der Waals surface area contributed by atoms with E-state index in [9.17, 15) is 9.59 Å². The van der Waals surface area contributed by atoms with E-state index in [2.05, 4.69) is 10.3 Å². The van der Waals surface area contributed by atoms with Crippen LogP contribution in [0.2, 0.25) is 0 Å². The van der Waals surface area contributed by atoms with Crippen LogP contribution in [-0.4, -0.2) is 27.8 Å².